The molecule has 0 N–H and O–H groups in total. The van der Waals surface area contributed by atoms with Crippen LogP contribution in [0.4, 0.5) is 4.39 Å². The predicted molar refractivity (Wildman–Crippen MR) is 80.8 cm³/mol. The summed E-state index contributed by atoms with van der Waals surface area (Å²) in [5.74, 6) is 1.10. The van der Waals surface area contributed by atoms with Crippen molar-refractivity contribution in [3.63, 3.8) is 0 Å². The molecule has 0 fully saturated rings. The van der Waals surface area contributed by atoms with Crippen molar-refractivity contribution in [1.29, 1.82) is 0 Å². The van der Waals surface area contributed by atoms with Gasteiger partial charge in [0.15, 0.2) is 0 Å². The SMILES string of the molecule is C=CCOc1cccc(-c2nnc(-c3ccc(F)cc3)o2)c1. The van der Waals surface area contributed by atoms with Gasteiger partial charge < -0.3 is 9.15 Å². The lowest BCUT2D eigenvalue weighted by molar-refractivity contribution is 0.363. The van der Waals surface area contributed by atoms with Gasteiger partial charge in [0.05, 0.1) is 0 Å². The molecule has 4 nitrogen and oxygen atoms in total. The second-order valence-corrected chi connectivity index (χ2v) is 4.55. The van der Waals surface area contributed by atoms with E-state index in [4.69, 9.17) is 9.15 Å². The van der Waals surface area contributed by atoms with E-state index < -0.39 is 0 Å². The third kappa shape index (κ3) is 3.03. The maximum absolute atomic E-state index is 12.9. The van der Waals surface area contributed by atoms with E-state index in [-0.39, 0.29) is 5.82 Å². The van der Waals surface area contributed by atoms with Gasteiger partial charge in [-0.15, -0.1) is 10.2 Å². The normalized spacial score (nSPS) is 10.4. The van der Waals surface area contributed by atoms with Crippen LogP contribution >= 0.6 is 0 Å². The van der Waals surface area contributed by atoms with Crippen LogP contribution in [0.2, 0.25) is 0 Å². The molecule has 0 atom stereocenters. The second kappa shape index (κ2) is 6.22. The third-order valence-corrected chi connectivity index (χ3v) is 2.97. The molecule has 5 heteroatoms. The minimum absolute atomic E-state index is 0.310. The summed E-state index contributed by atoms with van der Waals surface area (Å²) in [5, 5.41) is 8.01. The number of nitrogens with zero attached hydrogens (tertiary/aromatic N) is 2. The summed E-state index contributed by atoms with van der Waals surface area (Å²) in [7, 11) is 0. The van der Waals surface area contributed by atoms with E-state index in [1.165, 1.54) is 12.1 Å². The molecule has 0 aliphatic carbocycles. The molecule has 3 aromatic rings. The standard InChI is InChI=1S/C17H13FN2O2/c1-2-10-21-15-5-3-4-13(11-15)17-20-19-16(22-17)12-6-8-14(18)9-7-12/h2-9,11H,1,10H2. The van der Waals surface area contributed by atoms with Crippen LogP contribution in [-0.2, 0) is 0 Å². The highest BCUT2D eigenvalue weighted by Crippen LogP contribution is 2.26. The molecule has 0 radical (unpaired) electrons. The number of hydrogen-bond donors (Lipinski definition) is 0. The van der Waals surface area contributed by atoms with Crippen molar-refractivity contribution in [2.45, 2.75) is 0 Å². The summed E-state index contributed by atoms with van der Waals surface area (Å²) in [6.07, 6.45) is 1.67. The Kier molecular flexibility index (Phi) is 3.96. The van der Waals surface area contributed by atoms with E-state index in [1.54, 1.807) is 18.2 Å². The van der Waals surface area contributed by atoms with Crippen molar-refractivity contribution >= 4 is 0 Å². The topological polar surface area (TPSA) is 48.2 Å². The molecule has 0 amide bonds. The quantitative estimate of drug-likeness (QED) is 0.665. The highest BCUT2D eigenvalue weighted by molar-refractivity contribution is 5.59. The number of hydrogen-bond acceptors (Lipinski definition) is 4. The van der Waals surface area contributed by atoms with Gasteiger partial charge in [-0.05, 0) is 42.5 Å². The highest BCUT2D eigenvalue weighted by atomic mass is 19.1. The molecule has 3 rings (SSSR count). The Morgan fingerprint density at radius 2 is 1.77 bits per heavy atom. The summed E-state index contributed by atoms with van der Waals surface area (Å²) >= 11 is 0. The summed E-state index contributed by atoms with van der Waals surface area (Å²) in [6.45, 7) is 4.03. The maximum Gasteiger partial charge on any atom is 0.248 e. The summed E-state index contributed by atoms with van der Waals surface area (Å²) in [5.41, 5.74) is 1.42. The lowest BCUT2D eigenvalue weighted by Crippen LogP contribution is -1.92. The number of benzene rings is 2. The first kappa shape index (κ1) is 14.0. The molecular weight excluding hydrogens is 283 g/mol. The fourth-order valence-electron chi connectivity index (χ4n) is 1.92. The van der Waals surface area contributed by atoms with Gasteiger partial charge in [0.1, 0.15) is 18.2 Å². The van der Waals surface area contributed by atoms with Crippen molar-refractivity contribution in [2.75, 3.05) is 6.61 Å². The second-order valence-electron chi connectivity index (χ2n) is 4.55. The zero-order valence-corrected chi connectivity index (χ0v) is 11.7. The van der Waals surface area contributed by atoms with Gasteiger partial charge in [-0.25, -0.2) is 4.39 Å². The largest absolute Gasteiger partial charge is 0.490 e. The minimum Gasteiger partial charge on any atom is -0.490 e. The molecule has 0 saturated heterocycles. The molecule has 110 valence electrons. The first-order valence-electron chi connectivity index (χ1n) is 6.70. The summed E-state index contributed by atoms with van der Waals surface area (Å²) in [6, 6.07) is 13.2. The molecule has 0 spiro atoms. The Hall–Kier alpha value is -2.95. The van der Waals surface area contributed by atoms with E-state index in [9.17, 15) is 4.39 Å². The molecule has 0 bridgehead atoms. The van der Waals surface area contributed by atoms with E-state index in [0.29, 0.717) is 29.7 Å². The smallest absolute Gasteiger partial charge is 0.248 e. The molecule has 0 aliphatic rings. The van der Waals surface area contributed by atoms with E-state index >= 15 is 0 Å². The maximum atomic E-state index is 12.9. The lowest BCUT2D eigenvalue weighted by Gasteiger charge is -2.03. The molecule has 22 heavy (non-hydrogen) atoms. The number of halogens is 1. The molecule has 0 unspecified atom stereocenters. The highest BCUT2D eigenvalue weighted by Gasteiger charge is 2.11. The van der Waals surface area contributed by atoms with E-state index in [0.717, 1.165) is 5.56 Å². The van der Waals surface area contributed by atoms with Gasteiger partial charge >= 0.3 is 0 Å². The molecular formula is C17H13FN2O2. The average Bonchev–Trinajstić information content (AvgIpc) is 3.04. The van der Waals surface area contributed by atoms with Crippen LogP contribution in [0.1, 0.15) is 0 Å². The number of ether oxygens (including phenoxy) is 1. The van der Waals surface area contributed by atoms with Crippen molar-refractivity contribution in [3.8, 4) is 28.7 Å². The van der Waals surface area contributed by atoms with Gasteiger partial charge in [-0.3, -0.25) is 0 Å². The molecule has 2 aromatic carbocycles. The van der Waals surface area contributed by atoms with Crippen molar-refractivity contribution in [1.82, 2.24) is 10.2 Å². The zero-order valence-electron chi connectivity index (χ0n) is 11.7. The van der Waals surface area contributed by atoms with Gasteiger partial charge in [0, 0.05) is 11.1 Å². The van der Waals surface area contributed by atoms with Crippen LogP contribution in [0, 0.1) is 5.82 Å². The van der Waals surface area contributed by atoms with Crippen LogP contribution in [0.3, 0.4) is 0 Å². The zero-order chi connectivity index (χ0) is 15.4. The van der Waals surface area contributed by atoms with Gasteiger partial charge in [-0.1, -0.05) is 18.7 Å². The fraction of sp³-hybridized carbons (Fsp3) is 0.0588. The average molecular weight is 296 g/mol. The molecule has 0 saturated carbocycles. The van der Waals surface area contributed by atoms with Crippen LogP contribution < -0.4 is 4.74 Å². The molecule has 0 aliphatic heterocycles. The first-order valence-corrected chi connectivity index (χ1v) is 6.70. The van der Waals surface area contributed by atoms with Gasteiger partial charge in [-0.2, -0.15) is 0 Å². The van der Waals surface area contributed by atoms with Crippen LogP contribution in [0.5, 0.6) is 5.75 Å². The van der Waals surface area contributed by atoms with Crippen molar-refractivity contribution in [3.05, 3.63) is 67.0 Å². The molecule has 1 heterocycles. The number of aromatic nitrogens is 2. The van der Waals surface area contributed by atoms with Crippen molar-refractivity contribution in [2.24, 2.45) is 0 Å². The Balaban J connectivity index is 1.87. The lowest BCUT2D eigenvalue weighted by atomic mass is 10.2. The minimum atomic E-state index is -0.310. The Morgan fingerprint density at radius 3 is 2.50 bits per heavy atom. The monoisotopic (exact) mass is 296 g/mol. The Morgan fingerprint density at radius 1 is 1.05 bits per heavy atom. The van der Waals surface area contributed by atoms with Gasteiger partial charge in [0.25, 0.3) is 0 Å². The van der Waals surface area contributed by atoms with Crippen LogP contribution in [0.15, 0.2) is 65.6 Å². The first-order chi connectivity index (χ1) is 10.8. The third-order valence-electron chi connectivity index (χ3n) is 2.97. The van der Waals surface area contributed by atoms with E-state index in [1.807, 2.05) is 24.3 Å². The van der Waals surface area contributed by atoms with Gasteiger partial charge in [0.2, 0.25) is 11.8 Å². The Bertz CT molecular complexity index is 781. The van der Waals surface area contributed by atoms with Crippen LogP contribution in [0.25, 0.3) is 22.9 Å². The van der Waals surface area contributed by atoms with Crippen molar-refractivity contribution < 1.29 is 13.5 Å². The van der Waals surface area contributed by atoms with Crippen LogP contribution in [-0.4, -0.2) is 16.8 Å². The summed E-state index contributed by atoms with van der Waals surface area (Å²) in [4.78, 5) is 0. The number of rotatable bonds is 5. The Labute approximate surface area is 126 Å². The fourth-order valence-corrected chi connectivity index (χ4v) is 1.92. The predicted octanol–water partition coefficient (Wildman–Crippen LogP) is 4.11. The molecule has 1 aromatic heterocycles. The van der Waals surface area contributed by atoms with E-state index in [2.05, 4.69) is 16.8 Å². The summed E-state index contributed by atoms with van der Waals surface area (Å²) < 4.78 is 24.0.